The van der Waals surface area contributed by atoms with Crippen LogP contribution in [0.15, 0.2) is 0 Å². The first kappa shape index (κ1) is 7.50. The van der Waals surface area contributed by atoms with Gasteiger partial charge in [0.25, 0.3) is 0 Å². The second kappa shape index (κ2) is 3.07. The van der Waals surface area contributed by atoms with Crippen LogP contribution in [0.2, 0.25) is 0 Å². The molecule has 2 aliphatic rings. The molecule has 0 aromatic carbocycles. The van der Waals surface area contributed by atoms with Crippen molar-refractivity contribution in [2.75, 3.05) is 26.2 Å². The maximum absolute atomic E-state index is 12.9. The first-order chi connectivity index (χ1) is 5.36. The molecule has 0 radical (unpaired) electrons. The number of hydrogen-bond acceptors (Lipinski definition) is 2. The Morgan fingerprint density at radius 1 is 1.36 bits per heavy atom. The van der Waals surface area contributed by atoms with Crippen LogP contribution in [-0.2, 0) is 0 Å². The van der Waals surface area contributed by atoms with E-state index in [-0.39, 0.29) is 0 Å². The van der Waals surface area contributed by atoms with Gasteiger partial charge in [-0.1, -0.05) is 0 Å². The van der Waals surface area contributed by atoms with E-state index < -0.39 is 6.17 Å². The molecule has 0 aromatic rings. The van der Waals surface area contributed by atoms with Gasteiger partial charge in [-0.15, -0.1) is 0 Å². The number of hydrogen-bond donors (Lipinski definition) is 1. The fourth-order valence-electron chi connectivity index (χ4n) is 2.05. The molecule has 2 fully saturated rings. The molecule has 2 nitrogen and oxygen atoms in total. The van der Waals surface area contributed by atoms with Gasteiger partial charge in [0.1, 0.15) is 6.17 Å². The molecule has 11 heavy (non-hydrogen) atoms. The Kier molecular flexibility index (Phi) is 2.09. The Morgan fingerprint density at radius 2 is 2.27 bits per heavy atom. The molecule has 2 saturated heterocycles. The van der Waals surface area contributed by atoms with Crippen molar-refractivity contribution in [3.8, 4) is 0 Å². The quantitative estimate of drug-likeness (QED) is 0.548. The summed E-state index contributed by atoms with van der Waals surface area (Å²) < 4.78 is 12.9. The van der Waals surface area contributed by atoms with E-state index in [0.717, 1.165) is 39.0 Å². The minimum absolute atomic E-state index is 0.479. The van der Waals surface area contributed by atoms with Crippen LogP contribution in [0.3, 0.4) is 0 Å². The van der Waals surface area contributed by atoms with E-state index in [1.54, 1.807) is 0 Å². The van der Waals surface area contributed by atoms with Gasteiger partial charge < -0.3 is 5.32 Å². The van der Waals surface area contributed by atoms with Gasteiger partial charge in [0, 0.05) is 32.2 Å². The molecule has 2 atom stereocenters. The van der Waals surface area contributed by atoms with Gasteiger partial charge in [-0.25, -0.2) is 4.39 Å². The first-order valence-corrected chi connectivity index (χ1v) is 4.45. The van der Waals surface area contributed by atoms with Gasteiger partial charge in [0.15, 0.2) is 0 Å². The monoisotopic (exact) mass is 158 g/mol. The van der Waals surface area contributed by atoms with Crippen molar-refractivity contribution in [1.82, 2.24) is 10.2 Å². The van der Waals surface area contributed by atoms with Gasteiger partial charge in [0.05, 0.1) is 0 Å². The number of fused-ring (bicyclic) bond motifs is 1. The molecule has 0 aromatic heterocycles. The van der Waals surface area contributed by atoms with Crippen molar-refractivity contribution in [2.45, 2.75) is 25.1 Å². The van der Waals surface area contributed by atoms with E-state index >= 15 is 0 Å². The fraction of sp³-hybridized carbons (Fsp3) is 1.00. The smallest absolute Gasteiger partial charge is 0.103 e. The van der Waals surface area contributed by atoms with Crippen LogP contribution in [-0.4, -0.2) is 43.3 Å². The molecule has 2 rings (SSSR count). The highest BCUT2D eigenvalue weighted by atomic mass is 19.1. The minimum atomic E-state index is -0.545. The Balaban J connectivity index is 1.93. The standard InChI is InChI=1S/C8H15FN2/c9-7-1-3-11-4-2-10-6-8(11)5-7/h7-8,10H,1-6H2. The zero-order valence-electron chi connectivity index (χ0n) is 6.72. The van der Waals surface area contributed by atoms with Crippen molar-refractivity contribution in [3.05, 3.63) is 0 Å². The van der Waals surface area contributed by atoms with E-state index in [9.17, 15) is 4.39 Å². The zero-order chi connectivity index (χ0) is 7.68. The largest absolute Gasteiger partial charge is 0.314 e. The van der Waals surface area contributed by atoms with E-state index in [2.05, 4.69) is 10.2 Å². The van der Waals surface area contributed by atoms with E-state index in [1.807, 2.05) is 0 Å². The highest BCUT2D eigenvalue weighted by Gasteiger charge is 2.29. The van der Waals surface area contributed by atoms with Gasteiger partial charge in [-0.3, -0.25) is 4.90 Å². The zero-order valence-corrected chi connectivity index (χ0v) is 6.72. The van der Waals surface area contributed by atoms with Gasteiger partial charge in [0.2, 0.25) is 0 Å². The first-order valence-electron chi connectivity index (χ1n) is 4.45. The lowest BCUT2D eigenvalue weighted by Crippen LogP contribution is -2.55. The van der Waals surface area contributed by atoms with Crippen LogP contribution < -0.4 is 5.32 Å². The van der Waals surface area contributed by atoms with Crippen LogP contribution in [0.5, 0.6) is 0 Å². The minimum Gasteiger partial charge on any atom is -0.314 e. The van der Waals surface area contributed by atoms with Crippen LogP contribution in [0.25, 0.3) is 0 Å². The predicted molar refractivity (Wildman–Crippen MR) is 42.4 cm³/mol. The highest BCUT2D eigenvalue weighted by molar-refractivity contribution is 4.86. The van der Waals surface area contributed by atoms with Crippen molar-refractivity contribution in [2.24, 2.45) is 0 Å². The maximum atomic E-state index is 12.9. The molecule has 0 amide bonds. The summed E-state index contributed by atoms with van der Waals surface area (Å²) in [5, 5.41) is 3.30. The van der Waals surface area contributed by atoms with Crippen molar-refractivity contribution in [1.29, 1.82) is 0 Å². The molecule has 1 N–H and O–H groups in total. The third-order valence-corrected chi connectivity index (χ3v) is 2.73. The fourth-order valence-corrected chi connectivity index (χ4v) is 2.05. The Labute approximate surface area is 66.8 Å². The molecule has 0 saturated carbocycles. The summed E-state index contributed by atoms with van der Waals surface area (Å²) in [5.41, 5.74) is 0. The normalized spacial score (nSPS) is 40.1. The second-order valence-electron chi connectivity index (χ2n) is 3.52. The number of piperidine rings is 1. The Hall–Kier alpha value is -0.150. The number of nitrogens with zero attached hydrogens (tertiary/aromatic N) is 1. The van der Waals surface area contributed by atoms with Gasteiger partial charge in [-0.2, -0.15) is 0 Å². The summed E-state index contributed by atoms with van der Waals surface area (Å²) in [7, 11) is 0. The summed E-state index contributed by atoms with van der Waals surface area (Å²) in [6.45, 7) is 4.14. The van der Waals surface area contributed by atoms with E-state index in [0.29, 0.717) is 6.04 Å². The summed E-state index contributed by atoms with van der Waals surface area (Å²) in [6.07, 6.45) is 0.944. The number of halogens is 1. The third-order valence-electron chi connectivity index (χ3n) is 2.73. The number of alkyl halides is 1. The molecule has 3 heteroatoms. The highest BCUT2D eigenvalue weighted by Crippen LogP contribution is 2.20. The van der Waals surface area contributed by atoms with Crippen LogP contribution in [0.4, 0.5) is 4.39 Å². The Morgan fingerprint density at radius 3 is 3.18 bits per heavy atom. The summed E-state index contributed by atoms with van der Waals surface area (Å²) in [6, 6.07) is 0.479. The molecule has 0 aliphatic carbocycles. The van der Waals surface area contributed by atoms with Crippen LogP contribution in [0, 0.1) is 0 Å². The lowest BCUT2D eigenvalue weighted by molar-refractivity contribution is 0.0721. The second-order valence-corrected chi connectivity index (χ2v) is 3.52. The number of piperazine rings is 1. The molecule has 2 aliphatic heterocycles. The molecular weight excluding hydrogens is 143 g/mol. The van der Waals surface area contributed by atoms with E-state index in [4.69, 9.17) is 0 Å². The maximum Gasteiger partial charge on any atom is 0.103 e. The lowest BCUT2D eigenvalue weighted by Gasteiger charge is -2.40. The van der Waals surface area contributed by atoms with Gasteiger partial charge >= 0.3 is 0 Å². The molecule has 0 spiro atoms. The summed E-state index contributed by atoms with van der Waals surface area (Å²) in [5.74, 6) is 0. The van der Waals surface area contributed by atoms with Crippen molar-refractivity contribution < 1.29 is 4.39 Å². The average Bonchev–Trinajstić information content (AvgIpc) is 2.04. The number of nitrogens with one attached hydrogen (secondary N) is 1. The van der Waals surface area contributed by atoms with E-state index in [1.165, 1.54) is 0 Å². The topological polar surface area (TPSA) is 15.3 Å². The van der Waals surface area contributed by atoms with Gasteiger partial charge in [-0.05, 0) is 12.8 Å². The molecule has 0 bridgehead atoms. The SMILES string of the molecule is FC1CCN2CCNCC2C1. The Bertz CT molecular complexity index is 140. The summed E-state index contributed by atoms with van der Waals surface area (Å²) >= 11 is 0. The van der Waals surface area contributed by atoms with Crippen molar-refractivity contribution in [3.63, 3.8) is 0 Å². The molecule has 64 valence electrons. The lowest BCUT2D eigenvalue weighted by atomic mass is 9.99. The predicted octanol–water partition coefficient (Wildman–Crippen LogP) is 0.392. The van der Waals surface area contributed by atoms with Crippen LogP contribution in [0.1, 0.15) is 12.8 Å². The van der Waals surface area contributed by atoms with Crippen LogP contribution >= 0.6 is 0 Å². The summed E-state index contributed by atoms with van der Waals surface area (Å²) in [4.78, 5) is 2.41. The third kappa shape index (κ3) is 1.54. The van der Waals surface area contributed by atoms with Crippen molar-refractivity contribution >= 4 is 0 Å². The molecule has 2 heterocycles. The molecule has 2 unspecified atom stereocenters. The average molecular weight is 158 g/mol. The number of rotatable bonds is 0. The molecular formula is C8H15FN2.